The number of benzene rings is 1. The van der Waals surface area contributed by atoms with Gasteiger partial charge in [0, 0.05) is 43.0 Å². The van der Waals surface area contributed by atoms with Crippen LogP contribution in [0.5, 0.6) is 0 Å². The lowest BCUT2D eigenvalue weighted by atomic mass is 10.1. The molecule has 1 aromatic carbocycles. The number of carbonyl (C=O) groups excluding carboxylic acids is 2. The van der Waals surface area contributed by atoms with Crippen molar-refractivity contribution in [2.24, 2.45) is 0 Å². The molecular formula is C21H20N6O2. The van der Waals surface area contributed by atoms with Crippen LogP contribution in [0.1, 0.15) is 12.1 Å². The van der Waals surface area contributed by atoms with E-state index in [0.717, 1.165) is 27.9 Å². The van der Waals surface area contributed by atoms with Crippen molar-refractivity contribution >= 4 is 34.1 Å². The van der Waals surface area contributed by atoms with Crippen molar-refractivity contribution in [2.75, 3.05) is 24.5 Å². The Morgan fingerprint density at radius 3 is 2.97 bits per heavy atom. The van der Waals surface area contributed by atoms with Gasteiger partial charge in [-0.1, -0.05) is 6.07 Å². The molecule has 0 atom stereocenters. The van der Waals surface area contributed by atoms with Gasteiger partial charge in [-0.25, -0.2) is 4.98 Å². The summed E-state index contributed by atoms with van der Waals surface area (Å²) in [5, 5.41) is 7.88. The number of imidazole rings is 1. The highest BCUT2D eigenvalue weighted by atomic mass is 16.2. The number of hydrogen-bond acceptors (Lipinski definition) is 4. The largest absolute Gasteiger partial charge is 0.332 e. The highest BCUT2D eigenvalue weighted by molar-refractivity contribution is 5.99. The van der Waals surface area contributed by atoms with Crippen molar-refractivity contribution in [1.82, 2.24) is 24.5 Å². The van der Waals surface area contributed by atoms with Crippen LogP contribution in [-0.4, -0.2) is 55.9 Å². The van der Waals surface area contributed by atoms with Crippen LogP contribution in [0.15, 0.2) is 55.0 Å². The fraction of sp³-hybridized carbons (Fsp3) is 0.238. The summed E-state index contributed by atoms with van der Waals surface area (Å²) >= 11 is 0. The molecule has 0 bridgehead atoms. The number of fused-ring (bicyclic) bond motifs is 2. The fourth-order valence-electron chi connectivity index (χ4n) is 3.76. The van der Waals surface area contributed by atoms with Crippen molar-refractivity contribution in [3.63, 3.8) is 0 Å². The first-order valence-electron chi connectivity index (χ1n) is 9.61. The smallest absolute Gasteiger partial charge is 0.246 e. The summed E-state index contributed by atoms with van der Waals surface area (Å²) in [6.45, 7) is 1.12. The zero-order valence-electron chi connectivity index (χ0n) is 15.8. The molecular weight excluding hydrogens is 368 g/mol. The SMILES string of the molecule is O=C(CCc1cn2ccccc2n1)N1CCN(c2ccc3[nH]ncc3c2)C(=O)C1. The minimum Gasteiger partial charge on any atom is -0.332 e. The summed E-state index contributed by atoms with van der Waals surface area (Å²) in [7, 11) is 0. The normalized spacial score (nSPS) is 14.8. The average Bonchev–Trinajstić information content (AvgIpc) is 3.37. The number of nitrogens with zero attached hydrogens (tertiary/aromatic N) is 5. The van der Waals surface area contributed by atoms with E-state index >= 15 is 0 Å². The number of pyridine rings is 1. The molecule has 0 saturated carbocycles. The van der Waals surface area contributed by atoms with Gasteiger partial charge in [-0.15, -0.1) is 0 Å². The highest BCUT2D eigenvalue weighted by Gasteiger charge is 2.28. The lowest BCUT2D eigenvalue weighted by molar-refractivity contribution is -0.136. The monoisotopic (exact) mass is 388 g/mol. The number of H-pyrrole nitrogens is 1. The van der Waals surface area contributed by atoms with Crippen LogP contribution in [0, 0.1) is 0 Å². The van der Waals surface area contributed by atoms with E-state index in [0.29, 0.717) is 25.9 Å². The molecule has 0 unspecified atom stereocenters. The Balaban J connectivity index is 1.21. The molecule has 29 heavy (non-hydrogen) atoms. The van der Waals surface area contributed by atoms with Gasteiger partial charge in [0.25, 0.3) is 0 Å². The Bertz CT molecular complexity index is 1180. The number of carbonyl (C=O) groups is 2. The Morgan fingerprint density at radius 1 is 1.17 bits per heavy atom. The second-order valence-electron chi connectivity index (χ2n) is 7.20. The summed E-state index contributed by atoms with van der Waals surface area (Å²) in [5.74, 6) is -0.0829. The third-order valence-electron chi connectivity index (χ3n) is 5.32. The number of nitrogens with one attached hydrogen (secondary N) is 1. The standard InChI is InChI=1S/C21H20N6O2/c28-20(7-4-16-13-25-8-2-1-3-19(25)23-16)26-9-10-27(21(29)14-26)17-5-6-18-15(11-17)12-22-24-18/h1-3,5-6,8,11-13H,4,7,9-10,14H2,(H,22,24). The van der Waals surface area contributed by atoms with E-state index in [4.69, 9.17) is 0 Å². The van der Waals surface area contributed by atoms with Crippen molar-refractivity contribution < 1.29 is 9.59 Å². The quantitative estimate of drug-likeness (QED) is 0.579. The highest BCUT2D eigenvalue weighted by Crippen LogP contribution is 2.22. The minimum absolute atomic E-state index is 0.0136. The molecule has 4 aromatic rings. The van der Waals surface area contributed by atoms with E-state index in [2.05, 4.69) is 15.2 Å². The Labute approximate surface area is 166 Å². The van der Waals surface area contributed by atoms with E-state index < -0.39 is 0 Å². The molecule has 1 saturated heterocycles. The van der Waals surface area contributed by atoms with Gasteiger partial charge in [0.15, 0.2) is 0 Å². The van der Waals surface area contributed by atoms with Crippen LogP contribution in [0.2, 0.25) is 0 Å². The average molecular weight is 388 g/mol. The number of aryl methyl sites for hydroxylation is 1. The maximum atomic E-state index is 12.7. The van der Waals surface area contributed by atoms with E-state index in [9.17, 15) is 9.59 Å². The molecule has 3 aromatic heterocycles. The molecule has 5 rings (SSSR count). The number of anilines is 1. The summed E-state index contributed by atoms with van der Waals surface area (Å²) in [5.41, 5.74) is 3.51. The third kappa shape index (κ3) is 3.33. The van der Waals surface area contributed by atoms with Crippen molar-refractivity contribution in [1.29, 1.82) is 0 Å². The van der Waals surface area contributed by atoms with Gasteiger partial charge in [0.05, 0.1) is 17.4 Å². The number of hydrogen-bond donors (Lipinski definition) is 1. The predicted molar refractivity (Wildman–Crippen MR) is 109 cm³/mol. The lowest BCUT2D eigenvalue weighted by Gasteiger charge is -2.34. The molecule has 1 N–H and O–H groups in total. The second-order valence-corrected chi connectivity index (χ2v) is 7.20. The van der Waals surface area contributed by atoms with Crippen LogP contribution in [-0.2, 0) is 16.0 Å². The lowest BCUT2D eigenvalue weighted by Crippen LogP contribution is -2.52. The number of piperazine rings is 1. The maximum absolute atomic E-state index is 12.7. The molecule has 4 heterocycles. The summed E-state index contributed by atoms with van der Waals surface area (Å²) in [4.78, 5) is 33.2. The first-order valence-corrected chi connectivity index (χ1v) is 9.61. The molecule has 146 valence electrons. The van der Waals surface area contributed by atoms with Crippen LogP contribution < -0.4 is 4.90 Å². The number of amides is 2. The Kier molecular flexibility index (Phi) is 4.23. The van der Waals surface area contributed by atoms with Gasteiger partial charge < -0.3 is 14.2 Å². The maximum Gasteiger partial charge on any atom is 0.246 e. The summed E-state index contributed by atoms with van der Waals surface area (Å²) in [6.07, 6.45) is 6.52. The van der Waals surface area contributed by atoms with Crippen LogP contribution in [0.4, 0.5) is 5.69 Å². The first-order chi connectivity index (χ1) is 14.2. The second kappa shape index (κ2) is 7.05. The van der Waals surface area contributed by atoms with Crippen LogP contribution in [0.3, 0.4) is 0 Å². The van der Waals surface area contributed by atoms with Crippen molar-refractivity contribution in [2.45, 2.75) is 12.8 Å². The summed E-state index contributed by atoms with van der Waals surface area (Å²) < 4.78 is 1.94. The first kappa shape index (κ1) is 17.4. The van der Waals surface area contributed by atoms with Crippen molar-refractivity contribution in [3.8, 4) is 0 Å². The molecule has 0 aliphatic carbocycles. The van der Waals surface area contributed by atoms with Gasteiger partial charge in [0.2, 0.25) is 11.8 Å². The van der Waals surface area contributed by atoms with E-state index in [1.165, 1.54) is 0 Å². The molecule has 0 spiro atoms. The van der Waals surface area contributed by atoms with Crippen LogP contribution >= 0.6 is 0 Å². The predicted octanol–water partition coefficient (Wildman–Crippen LogP) is 2.02. The topological polar surface area (TPSA) is 86.6 Å². The van der Waals surface area contributed by atoms with E-state index in [1.54, 1.807) is 16.0 Å². The number of aromatic nitrogens is 4. The molecule has 1 aliphatic heterocycles. The van der Waals surface area contributed by atoms with Gasteiger partial charge in [-0.3, -0.25) is 14.7 Å². The van der Waals surface area contributed by atoms with Crippen molar-refractivity contribution in [3.05, 3.63) is 60.7 Å². The Morgan fingerprint density at radius 2 is 2.10 bits per heavy atom. The molecule has 1 aliphatic rings. The van der Waals surface area contributed by atoms with Gasteiger partial charge >= 0.3 is 0 Å². The zero-order valence-corrected chi connectivity index (χ0v) is 15.8. The zero-order chi connectivity index (χ0) is 19.8. The summed E-state index contributed by atoms with van der Waals surface area (Å²) in [6, 6.07) is 11.6. The van der Waals surface area contributed by atoms with Gasteiger partial charge in [-0.05, 0) is 36.8 Å². The third-order valence-corrected chi connectivity index (χ3v) is 5.32. The molecule has 2 amide bonds. The number of rotatable bonds is 4. The minimum atomic E-state index is -0.0693. The Hall–Kier alpha value is -3.68. The molecule has 8 nitrogen and oxygen atoms in total. The molecule has 0 radical (unpaired) electrons. The fourth-order valence-corrected chi connectivity index (χ4v) is 3.76. The number of aromatic amines is 1. The molecule has 1 fully saturated rings. The molecule has 8 heteroatoms. The van der Waals surface area contributed by atoms with E-state index in [1.807, 2.05) is 53.2 Å². The van der Waals surface area contributed by atoms with E-state index in [-0.39, 0.29) is 18.4 Å². The van der Waals surface area contributed by atoms with Gasteiger partial charge in [-0.2, -0.15) is 5.10 Å². The van der Waals surface area contributed by atoms with Crippen LogP contribution in [0.25, 0.3) is 16.6 Å². The van der Waals surface area contributed by atoms with Gasteiger partial charge in [0.1, 0.15) is 12.2 Å².